The van der Waals surface area contributed by atoms with Gasteiger partial charge in [-0.1, -0.05) is 13.8 Å². The quantitative estimate of drug-likeness (QED) is 0.510. The standard InChI is InChI=1S/C9H18O3S/c1-7(2)13-12-6-9(3,4)8(10)11-5/h7H,6H2,1-5H3. The maximum atomic E-state index is 11.2. The lowest BCUT2D eigenvalue weighted by atomic mass is 9.95. The van der Waals surface area contributed by atoms with Crippen molar-refractivity contribution in [3.8, 4) is 0 Å². The molecule has 0 spiro atoms. The topological polar surface area (TPSA) is 35.5 Å². The van der Waals surface area contributed by atoms with Gasteiger partial charge in [0.1, 0.15) is 0 Å². The highest BCUT2D eigenvalue weighted by atomic mass is 32.2. The summed E-state index contributed by atoms with van der Waals surface area (Å²) in [6, 6.07) is 0. The number of methoxy groups -OCH3 is 1. The van der Waals surface area contributed by atoms with E-state index in [1.807, 2.05) is 13.8 Å². The van der Waals surface area contributed by atoms with E-state index in [4.69, 9.17) is 4.18 Å². The van der Waals surface area contributed by atoms with Gasteiger partial charge in [-0.3, -0.25) is 4.79 Å². The number of ether oxygens (including phenoxy) is 1. The molecule has 0 aromatic rings. The first kappa shape index (κ1) is 12.8. The van der Waals surface area contributed by atoms with E-state index in [0.717, 1.165) is 0 Å². The summed E-state index contributed by atoms with van der Waals surface area (Å²) in [4.78, 5) is 11.2. The van der Waals surface area contributed by atoms with Gasteiger partial charge < -0.3 is 8.92 Å². The van der Waals surface area contributed by atoms with Gasteiger partial charge >= 0.3 is 5.97 Å². The minimum Gasteiger partial charge on any atom is -0.469 e. The Labute approximate surface area is 84.4 Å². The smallest absolute Gasteiger partial charge is 0.313 e. The van der Waals surface area contributed by atoms with Gasteiger partial charge in [-0.05, 0) is 25.9 Å². The SMILES string of the molecule is COC(=O)C(C)(C)COSC(C)C. The van der Waals surface area contributed by atoms with E-state index in [1.54, 1.807) is 13.8 Å². The fourth-order valence-electron chi connectivity index (χ4n) is 0.653. The molecule has 0 aromatic carbocycles. The van der Waals surface area contributed by atoms with Crippen LogP contribution in [0, 0.1) is 5.41 Å². The Morgan fingerprint density at radius 3 is 2.38 bits per heavy atom. The van der Waals surface area contributed by atoms with E-state index in [2.05, 4.69) is 4.74 Å². The van der Waals surface area contributed by atoms with Gasteiger partial charge in [-0.25, -0.2) is 0 Å². The van der Waals surface area contributed by atoms with E-state index in [9.17, 15) is 4.79 Å². The van der Waals surface area contributed by atoms with E-state index in [-0.39, 0.29) is 5.97 Å². The maximum absolute atomic E-state index is 11.2. The molecule has 0 aliphatic heterocycles. The van der Waals surface area contributed by atoms with Gasteiger partial charge in [0.15, 0.2) is 0 Å². The van der Waals surface area contributed by atoms with Crippen LogP contribution in [-0.4, -0.2) is 24.9 Å². The molecule has 0 aliphatic rings. The predicted octanol–water partition coefficient (Wildman–Crippen LogP) is 2.26. The molecule has 78 valence electrons. The van der Waals surface area contributed by atoms with Crippen LogP contribution < -0.4 is 0 Å². The Morgan fingerprint density at radius 1 is 1.46 bits per heavy atom. The molecule has 0 aromatic heterocycles. The van der Waals surface area contributed by atoms with Gasteiger partial charge in [0.05, 0.1) is 19.1 Å². The molecule has 3 nitrogen and oxygen atoms in total. The lowest BCUT2D eigenvalue weighted by Crippen LogP contribution is -2.30. The summed E-state index contributed by atoms with van der Waals surface area (Å²) in [5.41, 5.74) is -0.559. The minimum absolute atomic E-state index is 0.239. The predicted molar refractivity (Wildman–Crippen MR) is 54.5 cm³/mol. The second-order valence-corrected chi connectivity index (χ2v) is 5.15. The molecule has 0 atom stereocenters. The normalized spacial score (nSPS) is 11.8. The molecule has 0 N–H and O–H groups in total. The van der Waals surface area contributed by atoms with Crippen LogP contribution in [-0.2, 0) is 13.7 Å². The van der Waals surface area contributed by atoms with E-state index in [0.29, 0.717) is 11.9 Å². The maximum Gasteiger partial charge on any atom is 0.313 e. The number of hydrogen-bond donors (Lipinski definition) is 0. The van der Waals surface area contributed by atoms with Crippen LogP contribution in [0.2, 0.25) is 0 Å². The number of hydrogen-bond acceptors (Lipinski definition) is 4. The average Bonchev–Trinajstić information content (AvgIpc) is 2.01. The monoisotopic (exact) mass is 206 g/mol. The van der Waals surface area contributed by atoms with Crippen molar-refractivity contribution < 1.29 is 13.7 Å². The number of carbonyl (C=O) groups excluding carboxylic acids is 1. The highest BCUT2D eigenvalue weighted by molar-refractivity contribution is 7.95. The Bertz CT molecular complexity index is 166. The molecule has 0 radical (unpaired) electrons. The minimum atomic E-state index is -0.559. The summed E-state index contributed by atoms with van der Waals surface area (Å²) in [6.45, 7) is 8.06. The summed E-state index contributed by atoms with van der Waals surface area (Å²) in [5.74, 6) is -0.239. The summed E-state index contributed by atoms with van der Waals surface area (Å²) in [5, 5.41) is 0.411. The zero-order chi connectivity index (χ0) is 10.5. The van der Waals surface area contributed by atoms with Crippen molar-refractivity contribution >= 4 is 18.0 Å². The summed E-state index contributed by atoms with van der Waals surface area (Å²) in [7, 11) is 1.39. The Balaban J connectivity index is 3.82. The summed E-state index contributed by atoms with van der Waals surface area (Å²) >= 11 is 1.38. The van der Waals surface area contributed by atoms with Crippen LogP contribution in [0.1, 0.15) is 27.7 Å². The second kappa shape index (κ2) is 5.50. The van der Waals surface area contributed by atoms with Crippen LogP contribution in [0.15, 0.2) is 0 Å². The summed E-state index contributed by atoms with van der Waals surface area (Å²) < 4.78 is 9.94. The summed E-state index contributed by atoms with van der Waals surface area (Å²) in [6.07, 6.45) is 0. The van der Waals surface area contributed by atoms with Gasteiger partial charge in [0.25, 0.3) is 0 Å². The third-order valence-electron chi connectivity index (χ3n) is 1.42. The lowest BCUT2D eigenvalue weighted by molar-refractivity contribution is -0.152. The van der Waals surface area contributed by atoms with Gasteiger partial charge in [0, 0.05) is 5.25 Å². The molecule has 0 saturated heterocycles. The molecule has 13 heavy (non-hydrogen) atoms. The van der Waals surface area contributed by atoms with Crippen LogP contribution >= 0.6 is 12.0 Å². The first-order valence-corrected chi connectivity index (χ1v) is 5.07. The molecular weight excluding hydrogens is 188 g/mol. The van der Waals surface area contributed by atoms with Crippen molar-refractivity contribution in [1.29, 1.82) is 0 Å². The van der Waals surface area contributed by atoms with Crippen LogP contribution in [0.5, 0.6) is 0 Å². The molecule has 0 unspecified atom stereocenters. The second-order valence-electron chi connectivity index (χ2n) is 3.78. The highest BCUT2D eigenvalue weighted by Crippen LogP contribution is 2.21. The van der Waals surface area contributed by atoms with Crippen molar-refractivity contribution in [2.24, 2.45) is 5.41 Å². The molecule has 0 amide bonds. The number of esters is 1. The Kier molecular flexibility index (Phi) is 5.40. The van der Waals surface area contributed by atoms with Crippen molar-refractivity contribution in [3.63, 3.8) is 0 Å². The van der Waals surface area contributed by atoms with Crippen LogP contribution in [0.3, 0.4) is 0 Å². The van der Waals surface area contributed by atoms with Crippen molar-refractivity contribution in [1.82, 2.24) is 0 Å². The highest BCUT2D eigenvalue weighted by Gasteiger charge is 2.29. The number of carbonyl (C=O) groups is 1. The Hall–Kier alpha value is -0.220. The third kappa shape index (κ3) is 5.16. The van der Waals surface area contributed by atoms with Gasteiger partial charge in [-0.2, -0.15) is 0 Å². The molecule has 0 bridgehead atoms. The fraction of sp³-hybridized carbons (Fsp3) is 0.889. The molecule has 0 aliphatic carbocycles. The molecule has 0 saturated carbocycles. The van der Waals surface area contributed by atoms with E-state index < -0.39 is 5.41 Å². The van der Waals surface area contributed by atoms with Crippen molar-refractivity contribution in [2.75, 3.05) is 13.7 Å². The van der Waals surface area contributed by atoms with Crippen molar-refractivity contribution in [2.45, 2.75) is 32.9 Å². The van der Waals surface area contributed by atoms with Gasteiger partial charge in [-0.15, -0.1) is 0 Å². The van der Waals surface area contributed by atoms with Crippen LogP contribution in [0.25, 0.3) is 0 Å². The van der Waals surface area contributed by atoms with Crippen molar-refractivity contribution in [3.05, 3.63) is 0 Å². The van der Waals surface area contributed by atoms with E-state index >= 15 is 0 Å². The average molecular weight is 206 g/mol. The number of rotatable bonds is 5. The zero-order valence-electron chi connectivity index (χ0n) is 8.92. The molecule has 0 fully saturated rings. The van der Waals surface area contributed by atoms with E-state index in [1.165, 1.54) is 19.2 Å². The fourth-order valence-corrected chi connectivity index (χ4v) is 1.29. The molecular formula is C9H18O3S. The molecule has 0 heterocycles. The van der Waals surface area contributed by atoms with Gasteiger partial charge in [0.2, 0.25) is 0 Å². The van der Waals surface area contributed by atoms with Crippen LogP contribution in [0.4, 0.5) is 0 Å². The Morgan fingerprint density at radius 2 is 2.00 bits per heavy atom. The first-order valence-electron chi connectivity index (χ1n) is 4.27. The molecule has 0 rings (SSSR count). The zero-order valence-corrected chi connectivity index (χ0v) is 9.73. The molecule has 4 heteroatoms. The third-order valence-corrected chi connectivity index (χ3v) is 2.06. The lowest BCUT2D eigenvalue weighted by Gasteiger charge is -2.20. The largest absolute Gasteiger partial charge is 0.469 e. The first-order chi connectivity index (χ1) is 5.90.